The third kappa shape index (κ3) is 4.17. The summed E-state index contributed by atoms with van der Waals surface area (Å²) in [5.41, 5.74) is 0. The molecule has 166 valence electrons. The first-order valence-corrected chi connectivity index (χ1v) is 13.4. The van der Waals surface area contributed by atoms with Gasteiger partial charge in [-0.25, -0.2) is 9.48 Å². The number of fused-ring (bicyclic) bond motifs is 1. The number of tetrazole rings is 1. The molecule has 14 heteroatoms. The summed E-state index contributed by atoms with van der Waals surface area (Å²) in [5.74, 6) is -0.686. The summed E-state index contributed by atoms with van der Waals surface area (Å²) in [6, 6.07) is 2.04. The molecule has 4 atom stereocenters. The van der Waals surface area contributed by atoms with E-state index in [1.165, 1.54) is 56.2 Å². The summed E-state index contributed by atoms with van der Waals surface area (Å²) in [6.07, 6.45) is 2.06. The van der Waals surface area contributed by atoms with E-state index in [1.54, 1.807) is 7.05 Å². The number of carbonyl (C=O) groups excluding carboxylic acids is 2. The minimum Gasteiger partial charge on any atom is -0.480 e. The van der Waals surface area contributed by atoms with Crippen molar-refractivity contribution in [1.29, 1.82) is 0 Å². The number of thioether (sulfide) groups is 3. The lowest BCUT2D eigenvalue weighted by Crippen LogP contribution is -2.79. The maximum Gasteiger partial charge on any atom is 0.327 e. The minimum absolute atomic E-state index is 0.207. The smallest absolute Gasteiger partial charge is 0.327 e. The molecule has 2 aliphatic heterocycles. The van der Waals surface area contributed by atoms with E-state index in [0.29, 0.717) is 16.7 Å². The van der Waals surface area contributed by atoms with Crippen molar-refractivity contribution in [3.63, 3.8) is 0 Å². The van der Waals surface area contributed by atoms with Gasteiger partial charge in [0.25, 0.3) is 0 Å². The van der Waals surface area contributed by atoms with Crippen molar-refractivity contribution in [1.82, 2.24) is 30.4 Å². The molecule has 31 heavy (non-hydrogen) atoms. The van der Waals surface area contributed by atoms with Gasteiger partial charge in [-0.1, -0.05) is 17.8 Å². The first-order valence-electron chi connectivity index (χ1n) is 9.25. The molecule has 2 aliphatic rings. The third-order valence-electron chi connectivity index (χ3n) is 5.25. The molecular formula is C17H20N6O4S4. The monoisotopic (exact) mass is 500 g/mol. The zero-order chi connectivity index (χ0) is 22.2. The van der Waals surface area contributed by atoms with E-state index < -0.39 is 22.8 Å². The van der Waals surface area contributed by atoms with E-state index in [4.69, 9.17) is 0 Å². The van der Waals surface area contributed by atoms with Crippen LogP contribution in [0.25, 0.3) is 0 Å². The minimum atomic E-state index is -1.05. The van der Waals surface area contributed by atoms with Gasteiger partial charge in [0.15, 0.2) is 0 Å². The summed E-state index contributed by atoms with van der Waals surface area (Å²) < 4.78 is 0.812. The molecule has 2 saturated heterocycles. The van der Waals surface area contributed by atoms with Gasteiger partial charge in [-0.2, -0.15) is 11.8 Å². The predicted molar refractivity (Wildman–Crippen MR) is 120 cm³/mol. The second-order valence-electron chi connectivity index (χ2n) is 7.13. The number of β-lactam (4-membered cyclic amide) rings is 1. The van der Waals surface area contributed by atoms with Crippen molar-refractivity contribution in [3.8, 4) is 0 Å². The third-order valence-corrected chi connectivity index (χ3v) is 10.6. The lowest BCUT2D eigenvalue weighted by Gasteiger charge is -2.57. The maximum absolute atomic E-state index is 12.9. The van der Waals surface area contributed by atoms with Crippen LogP contribution in [0.1, 0.15) is 4.88 Å². The number of aryl methyl sites for hydroxylation is 1. The Bertz CT molecular complexity index is 985. The van der Waals surface area contributed by atoms with Crippen LogP contribution in [0.15, 0.2) is 22.7 Å². The number of nitrogens with zero attached hydrogens (tertiary/aromatic N) is 5. The number of rotatable bonds is 8. The van der Waals surface area contributed by atoms with Crippen molar-refractivity contribution < 1.29 is 19.5 Å². The standard InChI is InChI=1S/C17H20N6O4S4/c1-22-16(19-20-21-22)31-8-17(28-2)7-30-14-11(13(25)23(14)12(17)15(26)27)18-10(24)6-9-4-3-5-29-9/h3-5,11-12,14H,6-8H2,1-2H3,(H,18,24)(H,26,27)/t11-,12+,14-,17+/m1/s1. The van der Waals surface area contributed by atoms with Crippen LogP contribution in [0, 0.1) is 0 Å². The molecule has 4 rings (SSSR count). The van der Waals surface area contributed by atoms with Crippen LogP contribution in [0.4, 0.5) is 0 Å². The number of aliphatic carboxylic acids is 1. The number of carboxylic acids is 1. The lowest BCUT2D eigenvalue weighted by atomic mass is 9.93. The molecule has 0 aliphatic carbocycles. The fourth-order valence-electron chi connectivity index (χ4n) is 3.65. The van der Waals surface area contributed by atoms with Crippen LogP contribution in [-0.2, 0) is 27.9 Å². The molecule has 0 aromatic carbocycles. The van der Waals surface area contributed by atoms with Gasteiger partial charge in [0.1, 0.15) is 17.5 Å². The van der Waals surface area contributed by atoms with Crippen molar-refractivity contribution in [3.05, 3.63) is 22.4 Å². The van der Waals surface area contributed by atoms with Gasteiger partial charge in [0, 0.05) is 23.4 Å². The maximum atomic E-state index is 12.9. The Balaban J connectivity index is 1.47. The molecule has 2 N–H and O–H groups in total. The predicted octanol–water partition coefficient (Wildman–Crippen LogP) is 0.561. The molecule has 2 aromatic rings. The zero-order valence-electron chi connectivity index (χ0n) is 16.6. The fraction of sp³-hybridized carbons (Fsp3) is 0.529. The summed E-state index contributed by atoms with van der Waals surface area (Å²) in [6.45, 7) is 0. The number of carbonyl (C=O) groups is 3. The van der Waals surface area contributed by atoms with Crippen LogP contribution in [0.3, 0.4) is 0 Å². The fourth-order valence-corrected chi connectivity index (χ4v) is 8.67. The highest BCUT2D eigenvalue weighted by Crippen LogP contribution is 2.49. The van der Waals surface area contributed by atoms with E-state index in [-0.39, 0.29) is 23.6 Å². The first kappa shape index (κ1) is 22.4. The van der Waals surface area contributed by atoms with Crippen LogP contribution in [0.2, 0.25) is 0 Å². The number of nitrogens with one attached hydrogen (secondary N) is 1. The molecule has 2 aromatic heterocycles. The Morgan fingerprint density at radius 1 is 1.45 bits per heavy atom. The molecule has 0 radical (unpaired) electrons. The molecule has 0 spiro atoms. The van der Waals surface area contributed by atoms with Gasteiger partial charge in [-0.3, -0.25) is 9.59 Å². The van der Waals surface area contributed by atoms with Gasteiger partial charge in [0.05, 0.1) is 11.2 Å². The van der Waals surface area contributed by atoms with E-state index >= 15 is 0 Å². The van der Waals surface area contributed by atoms with E-state index in [1.807, 2.05) is 23.8 Å². The Morgan fingerprint density at radius 2 is 2.26 bits per heavy atom. The molecule has 0 bridgehead atoms. The summed E-state index contributed by atoms with van der Waals surface area (Å²) >= 11 is 5.79. The van der Waals surface area contributed by atoms with E-state index in [9.17, 15) is 19.5 Å². The number of amides is 2. The number of hydrogen-bond donors (Lipinski definition) is 2. The van der Waals surface area contributed by atoms with E-state index in [2.05, 4.69) is 20.8 Å². The number of carboxylic acid groups (broad SMARTS) is 1. The highest BCUT2D eigenvalue weighted by molar-refractivity contribution is 8.06. The number of thiophene rings is 1. The van der Waals surface area contributed by atoms with Gasteiger partial charge in [-0.05, 0) is 28.1 Å². The topological polar surface area (TPSA) is 130 Å². The van der Waals surface area contributed by atoms with Crippen molar-refractivity contribution in [2.45, 2.75) is 33.8 Å². The lowest BCUT2D eigenvalue weighted by molar-refractivity contribution is -0.163. The van der Waals surface area contributed by atoms with Crippen molar-refractivity contribution >= 4 is 64.4 Å². The Labute approximate surface area is 194 Å². The Hall–Kier alpha value is -1.77. The van der Waals surface area contributed by atoms with Gasteiger partial charge in [-0.15, -0.1) is 28.2 Å². The van der Waals surface area contributed by atoms with Crippen LogP contribution < -0.4 is 5.32 Å². The van der Waals surface area contributed by atoms with Gasteiger partial charge < -0.3 is 15.3 Å². The van der Waals surface area contributed by atoms with Crippen molar-refractivity contribution in [2.75, 3.05) is 17.8 Å². The van der Waals surface area contributed by atoms with Crippen LogP contribution in [-0.4, -0.2) is 88.0 Å². The highest BCUT2D eigenvalue weighted by Gasteiger charge is 2.62. The van der Waals surface area contributed by atoms with E-state index in [0.717, 1.165) is 4.88 Å². The molecular weight excluding hydrogens is 480 g/mol. The zero-order valence-corrected chi connectivity index (χ0v) is 19.9. The summed E-state index contributed by atoms with van der Waals surface area (Å²) in [5, 5.41) is 26.3. The molecule has 10 nitrogen and oxygen atoms in total. The average molecular weight is 501 g/mol. The molecule has 4 heterocycles. The number of aromatic nitrogens is 4. The SMILES string of the molecule is CS[C@]1(CSc2nnnn2C)CS[C@@H]2[C@H](NC(=O)Cc3cccs3)C(=O)N2[C@H]1C(=O)O. The summed E-state index contributed by atoms with van der Waals surface area (Å²) in [4.78, 5) is 39.9. The highest BCUT2D eigenvalue weighted by atomic mass is 32.2. The Kier molecular flexibility index (Phi) is 6.51. The quantitative estimate of drug-likeness (QED) is 0.392. The number of hydrogen-bond acceptors (Lipinski definition) is 10. The largest absolute Gasteiger partial charge is 0.480 e. The summed E-state index contributed by atoms with van der Waals surface area (Å²) in [7, 11) is 1.72. The van der Waals surface area contributed by atoms with Crippen molar-refractivity contribution in [2.24, 2.45) is 7.05 Å². The molecule has 2 fully saturated rings. The molecule has 2 amide bonds. The van der Waals surface area contributed by atoms with Gasteiger partial charge in [0.2, 0.25) is 17.0 Å². The van der Waals surface area contributed by atoms with Crippen LogP contribution >= 0.6 is 46.6 Å². The molecule has 0 unspecified atom stereocenters. The molecule has 0 saturated carbocycles. The average Bonchev–Trinajstić information content (AvgIpc) is 3.41. The Morgan fingerprint density at radius 3 is 2.87 bits per heavy atom. The second-order valence-corrected chi connectivity index (χ2v) is 11.4. The second kappa shape index (κ2) is 9.00. The van der Waals surface area contributed by atoms with Gasteiger partial charge >= 0.3 is 5.97 Å². The normalized spacial score (nSPS) is 27.5. The van der Waals surface area contributed by atoms with Crippen LogP contribution in [0.5, 0.6) is 0 Å². The first-order chi connectivity index (χ1) is 14.9.